The summed E-state index contributed by atoms with van der Waals surface area (Å²) in [5, 5.41) is 17.3. The zero-order valence-electron chi connectivity index (χ0n) is 9.73. The Bertz CT molecular complexity index is 487. The van der Waals surface area contributed by atoms with Crippen molar-refractivity contribution in [3.05, 3.63) is 66.2 Å². The van der Waals surface area contributed by atoms with Gasteiger partial charge in [-0.1, -0.05) is 42.5 Å². The monoisotopic (exact) mass is 242 g/mol. The normalized spacial score (nSPS) is 9.56. The molecule has 0 aliphatic heterocycles. The first-order valence-electron chi connectivity index (χ1n) is 5.37. The molecule has 0 unspecified atom stereocenters. The van der Waals surface area contributed by atoms with Crippen LogP contribution in [0.5, 0.6) is 11.5 Å². The number of allylic oxidation sites excluding steroid dienone is 1. The Morgan fingerprint density at radius 1 is 0.833 bits per heavy atom. The van der Waals surface area contributed by atoms with Crippen LogP contribution in [0.4, 0.5) is 0 Å². The highest BCUT2D eigenvalue weighted by Crippen LogP contribution is 2.14. The van der Waals surface area contributed by atoms with Gasteiger partial charge in [-0.3, -0.25) is 4.79 Å². The van der Waals surface area contributed by atoms with Crippen LogP contribution in [-0.4, -0.2) is 16.5 Å². The van der Waals surface area contributed by atoms with E-state index in [1.54, 1.807) is 12.1 Å². The number of rotatable bonds is 2. The number of aldehydes is 1. The largest absolute Gasteiger partial charge is 0.508 e. The van der Waals surface area contributed by atoms with Gasteiger partial charge in [-0.2, -0.15) is 0 Å². The Kier molecular flexibility index (Phi) is 5.77. The van der Waals surface area contributed by atoms with E-state index in [9.17, 15) is 4.79 Å². The second kappa shape index (κ2) is 7.68. The van der Waals surface area contributed by atoms with Gasteiger partial charge in [0.1, 0.15) is 17.8 Å². The summed E-state index contributed by atoms with van der Waals surface area (Å²) in [4.78, 5) is 9.89. The first kappa shape index (κ1) is 13.5. The third-order valence-electron chi connectivity index (χ3n) is 2.00. The van der Waals surface area contributed by atoms with Gasteiger partial charge in [0.15, 0.2) is 0 Å². The van der Waals surface area contributed by atoms with Crippen molar-refractivity contribution in [1.29, 1.82) is 0 Å². The smallest absolute Gasteiger partial charge is 0.142 e. The van der Waals surface area contributed by atoms with Gasteiger partial charge in [-0.25, -0.2) is 0 Å². The number of phenols is 2. The minimum Gasteiger partial charge on any atom is -0.508 e. The molecule has 0 heterocycles. The average molecular weight is 242 g/mol. The SMILES string of the molecule is O=CC=Cc1ccccc1.Oc1cccc(O)c1. The van der Waals surface area contributed by atoms with E-state index in [0.29, 0.717) is 0 Å². The number of phenolic OH excluding ortho intramolecular Hbond substituents is 2. The molecule has 2 aromatic rings. The van der Waals surface area contributed by atoms with Crippen LogP contribution in [0.1, 0.15) is 5.56 Å². The first-order chi connectivity index (χ1) is 8.72. The fraction of sp³-hybridized carbons (Fsp3) is 0. The molecule has 2 rings (SSSR count). The van der Waals surface area contributed by atoms with Gasteiger partial charge in [0, 0.05) is 6.07 Å². The van der Waals surface area contributed by atoms with E-state index >= 15 is 0 Å². The van der Waals surface area contributed by atoms with Crippen LogP contribution in [-0.2, 0) is 4.79 Å². The lowest BCUT2D eigenvalue weighted by atomic mass is 10.2. The topological polar surface area (TPSA) is 57.5 Å². The van der Waals surface area contributed by atoms with Gasteiger partial charge in [0.05, 0.1) is 0 Å². The summed E-state index contributed by atoms with van der Waals surface area (Å²) >= 11 is 0. The molecule has 18 heavy (non-hydrogen) atoms. The predicted molar refractivity (Wildman–Crippen MR) is 71.3 cm³/mol. The molecule has 0 radical (unpaired) electrons. The van der Waals surface area contributed by atoms with Crippen molar-refractivity contribution in [3.8, 4) is 11.5 Å². The van der Waals surface area contributed by atoms with E-state index < -0.39 is 0 Å². The summed E-state index contributed by atoms with van der Waals surface area (Å²) in [5.74, 6) is 0.176. The van der Waals surface area contributed by atoms with Crippen molar-refractivity contribution >= 4 is 12.4 Å². The van der Waals surface area contributed by atoms with Crippen molar-refractivity contribution < 1.29 is 15.0 Å². The summed E-state index contributed by atoms with van der Waals surface area (Å²) in [5.41, 5.74) is 1.05. The fourth-order valence-corrected chi connectivity index (χ4v) is 1.21. The summed E-state index contributed by atoms with van der Waals surface area (Å²) < 4.78 is 0. The molecule has 0 spiro atoms. The van der Waals surface area contributed by atoms with E-state index in [4.69, 9.17) is 10.2 Å². The fourth-order valence-electron chi connectivity index (χ4n) is 1.21. The van der Waals surface area contributed by atoms with Crippen LogP contribution >= 0.6 is 0 Å². The maximum absolute atomic E-state index is 9.89. The van der Waals surface area contributed by atoms with E-state index in [-0.39, 0.29) is 11.5 Å². The lowest BCUT2D eigenvalue weighted by molar-refractivity contribution is -0.104. The van der Waals surface area contributed by atoms with Crippen LogP contribution in [0.2, 0.25) is 0 Å². The molecule has 0 aliphatic rings. The van der Waals surface area contributed by atoms with Crippen LogP contribution in [0.25, 0.3) is 6.08 Å². The Labute approximate surface area is 106 Å². The molecule has 0 bridgehead atoms. The molecule has 92 valence electrons. The van der Waals surface area contributed by atoms with Crippen LogP contribution in [0.3, 0.4) is 0 Å². The molecule has 0 amide bonds. The van der Waals surface area contributed by atoms with Gasteiger partial charge in [-0.15, -0.1) is 0 Å². The zero-order chi connectivity index (χ0) is 13.2. The first-order valence-corrected chi connectivity index (χ1v) is 5.37. The Balaban J connectivity index is 0.000000184. The molecule has 2 N–H and O–H groups in total. The quantitative estimate of drug-likeness (QED) is 0.628. The van der Waals surface area contributed by atoms with E-state index in [2.05, 4.69) is 0 Å². The molecular formula is C15H14O3. The third-order valence-corrected chi connectivity index (χ3v) is 2.00. The van der Waals surface area contributed by atoms with Crippen LogP contribution in [0, 0.1) is 0 Å². The van der Waals surface area contributed by atoms with Gasteiger partial charge in [0.2, 0.25) is 0 Å². The maximum Gasteiger partial charge on any atom is 0.142 e. The van der Waals surface area contributed by atoms with Crippen molar-refractivity contribution in [2.24, 2.45) is 0 Å². The molecular weight excluding hydrogens is 228 g/mol. The molecule has 0 atom stereocenters. The minimum atomic E-state index is 0.0880. The number of carbonyl (C=O) groups is 1. The van der Waals surface area contributed by atoms with Gasteiger partial charge < -0.3 is 10.2 Å². The predicted octanol–water partition coefficient (Wildman–Crippen LogP) is 3.00. The second-order valence-electron chi connectivity index (χ2n) is 3.43. The summed E-state index contributed by atoms with van der Waals surface area (Å²) in [6.07, 6.45) is 4.02. The van der Waals surface area contributed by atoms with E-state index in [1.807, 2.05) is 30.3 Å². The molecule has 3 nitrogen and oxygen atoms in total. The number of hydrogen-bond acceptors (Lipinski definition) is 3. The molecule has 0 fully saturated rings. The van der Waals surface area contributed by atoms with Crippen LogP contribution < -0.4 is 0 Å². The maximum atomic E-state index is 9.89. The summed E-state index contributed by atoms with van der Waals surface area (Å²) in [7, 11) is 0. The van der Waals surface area contributed by atoms with Crippen molar-refractivity contribution in [2.75, 3.05) is 0 Å². The lowest BCUT2D eigenvalue weighted by Gasteiger charge is -1.89. The highest BCUT2D eigenvalue weighted by atomic mass is 16.3. The van der Waals surface area contributed by atoms with Crippen molar-refractivity contribution in [1.82, 2.24) is 0 Å². The van der Waals surface area contributed by atoms with Crippen molar-refractivity contribution in [2.45, 2.75) is 0 Å². The number of benzene rings is 2. The molecule has 0 aromatic heterocycles. The van der Waals surface area contributed by atoms with Crippen LogP contribution in [0.15, 0.2) is 60.7 Å². The number of hydrogen-bond donors (Lipinski definition) is 2. The van der Waals surface area contributed by atoms with E-state index in [1.165, 1.54) is 24.3 Å². The van der Waals surface area contributed by atoms with Crippen molar-refractivity contribution in [3.63, 3.8) is 0 Å². The Morgan fingerprint density at radius 3 is 1.89 bits per heavy atom. The average Bonchev–Trinajstić information content (AvgIpc) is 2.38. The number of aromatic hydroxyl groups is 2. The molecule has 2 aromatic carbocycles. The molecule has 0 saturated heterocycles. The molecule has 0 aliphatic carbocycles. The highest BCUT2D eigenvalue weighted by molar-refractivity contribution is 5.73. The highest BCUT2D eigenvalue weighted by Gasteiger charge is 1.85. The lowest BCUT2D eigenvalue weighted by Crippen LogP contribution is -1.67. The minimum absolute atomic E-state index is 0.0880. The van der Waals surface area contributed by atoms with Gasteiger partial charge >= 0.3 is 0 Å². The Hall–Kier alpha value is -2.55. The molecule has 0 saturated carbocycles. The van der Waals surface area contributed by atoms with Gasteiger partial charge in [-0.05, 0) is 23.8 Å². The second-order valence-corrected chi connectivity index (χ2v) is 3.43. The van der Waals surface area contributed by atoms with Gasteiger partial charge in [0.25, 0.3) is 0 Å². The van der Waals surface area contributed by atoms with E-state index in [0.717, 1.165) is 11.8 Å². The Morgan fingerprint density at radius 2 is 1.44 bits per heavy atom. The molecule has 3 heteroatoms. The number of carbonyl (C=O) groups excluding carboxylic acids is 1. The summed E-state index contributed by atoms with van der Waals surface area (Å²) in [6.45, 7) is 0. The third kappa shape index (κ3) is 5.51. The standard InChI is InChI=1S/C9H8O.C6H6O2/c10-8-4-7-9-5-2-1-3-6-9;7-5-2-1-3-6(8)4-5/h1-8H;1-4,7-8H. The summed E-state index contributed by atoms with van der Waals surface area (Å²) in [6, 6.07) is 15.6. The zero-order valence-corrected chi connectivity index (χ0v) is 9.73.